The smallest absolute Gasteiger partial charge is 0.338 e. The molecule has 0 bridgehead atoms. The molecule has 0 N–H and O–H groups in total. The third kappa shape index (κ3) is 10.2. The third-order valence-corrected chi connectivity index (χ3v) is 9.72. The average Bonchev–Trinajstić information content (AvgIpc) is 3.35. The van der Waals surface area contributed by atoms with Crippen LogP contribution in [0, 0.1) is 35.0 Å². The van der Waals surface area contributed by atoms with Crippen LogP contribution in [-0.4, -0.2) is 77.7 Å². The van der Waals surface area contributed by atoms with Gasteiger partial charge in [-0.3, -0.25) is 28.8 Å². The zero-order valence-electron chi connectivity index (χ0n) is 33.0. The maximum absolute atomic E-state index is 14.7. The van der Waals surface area contributed by atoms with Crippen LogP contribution in [0.4, 0.5) is 0 Å². The third-order valence-electron chi connectivity index (χ3n) is 9.72. The topological polar surface area (TPSA) is 175 Å². The second-order valence-corrected chi connectivity index (χ2v) is 15.6. The van der Waals surface area contributed by atoms with Crippen LogP contribution in [0.1, 0.15) is 92.9 Å². The van der Waals surface area contributed by atoms with Crippen molar-refractivity contribution in [3.63, 3.8) is 0 Å². The Bertz CT molecular complexity index is 1640. The molecule has 2 aliphatic carbocycles. The van der Waals surface area contributed by atoms with Gasteiger partial charge in [0.1, 0.15) is 23.6 Å². The number of carbonyl (C=O) groups excluding carboxylic acids is 7. The Labute approximate surface area is 317 Å². The molecule has 0 aromatic heterocycles. The molecule has 0 amide bonds. The van der Waals surface area contributed by atoms with Gasteiger partial charge >= 0.3 is 35.8 Å². The molecule has 1 saturated carbocycles. The van der Waals surface area contributed by atoms with Crippen molar-refractivity contribution in [3.8, 4) is 0 Å². The first kappa shape index (κ1) is 43.6. The number of allylic oxidation sites excluding steroid dienone is 1. The summed E-state index contributed by atoms with van der Waals surface area (Å²) in [6.45, 7) is 20.6. The average molecular weight is 755 g/mol. The second kappa shape index (κ2) is 17.6. The lowest BCUT2D eigenvalue weighted by Gasteiger charge is -2.43. The molecule has 54 heavy (non-hydrogen) atoms. The van der Waals surface area contributed by atoms with Gasteiger partial charge in [-0.25, -0.2) is 4.79 Å². The van der Waals surface area contributed by atoms with Gasteiger partial charge in [-0.1, -0.05) is 85.4 Å². The number of benzene rings is 1. The van der Waals surface area contributed by atoms with Gasteiger partial charge in [-0.05, 0) is 19.1 Å². The highest BCUT2D eigenvalue weighted by atomic mass is 16.6. The normalized spacial score (nSPS) is 30.2. The van der Waals surface area contributed by atoms with E-state index in [2.05, 4.69) is 6.58 Å². The van der Waals surface area contributed by atoms with Crippen molar-refractivity contribution < 1.29 is 62.0 Å². The van der Waals surface area contributed by atoms with Crippen molar-refractivity contribution in [2.75, 3.05) is 0 Å². The second-order valence-electron chi connectivity index (χ2n) is 15.6. The summed E-state index contributed by atoms with van der Waals surface area (Å²) in [6.07, 6.45) is -4.54. The number of Topliss-reactive ketones (excluding diaryl/α,β-unsaturated/α-hetero) is 1. The molecule has 296 valence electrons. The number of fused-ring (bicyclic) bond motifs is 1. The summed E-state index contributed by atoms with van der Waals surface area (Å²) in [6, 6.07) is 8.01. The molecule has 1 fully saturated rings. The highest BCUT2D eigenvalue weighted by molar-refractivity contribution is 5.90. The molecule has 2 aliphatic rings. The molecule has 0 radical (unpaired) electrons. The van der Waals surface area contributed by atoms with E-state index >= 15 is 0 Å². The number of ether oxygens (including phenoxy) is 6. The number of ketones is 1. The zero-order valence-corrected chi connectivity index (χ0v) is 33.0. The fourth-order valence-corrected chi connectivity index (χ4v) is 7.01. The Morgan fingerprint density at radius 1 is 0.741 bits per heavy atom. The first-order valence-electron chi connectivity index (χ1n) is 18.1. The van der Waals surface area contributed by atoms with Crippen LogP contribution in [0.15, 0.2) is 54.6 Å². The fraction of sp³-hybridized carbons (Fsp3) is 0.585. The molecule has 13 heteroatoms. The van der Waals surface area contributed by atoms with E-state index in [9.17, 15) is 33.6 Å². The Morgan fingerprint density at radius 3 is 1.78 bits per heavy atom. The Hall–Kier alpha value is -4.81. The largest absolute Gasteiger partial charge is 0.458 e. The fourth-order valence-electron chi connectivity index (χ4n) is 7.01. The van der Waals surface area contributed by atoms with Gasteiger partial charge in [0.2, 0.25) is 0 Å². The van der Waals surface area contributed by atoms with E-state index in [1.165, 1.54) is 26.0 Å². The van der Waals surface area contributed by atoms with E-state index < -0.39 is 107 Å². The first-order chi connectivity index (χ1) is 25.0. The Kier molecular flexibility index (Phi) is 14.2. The number of hydrogen-bond acceptors (Lipinski definition) is 13. The van der Waals surface area contributed by atoms with Crippen molar-refractivity contribution in [2.24, 2.45) is 35.0 Å². The van der Waals surface area contributed by atoms with E-state index in [1.54, 1.807) is 78.8 Å². The lowest BCUT2D eigenvalue weighted by Crippen LogP contribution is -2.55. The minimum Gasteiger partial charge on any atom is -0.458 e. The van der Waals surface area contributed by atoms with Gasteiger partial charge in [0.05, 0.1) is 23.3 Å². The van der Waals surface area contributed by atoms with E-state index in [1.807, 2.05) is 0 Å². The zero-order chi connectivity index (χ0) is 40.9. The summed E-state index contributed by atoms with van der Waals surface area (Å²) in [5.74, 6) is -9.69. The molecular weight excluding hydrogens is 700 g/mol. The lowest BCUT2D eigenvalue weighted by atomic mass is 9.74. The van der Waals surface area contributed by atoms with Crippen molar-refractivity contribution in [2.45, 2.75) is 119 Å². The molecule has 9 atom stereocenters. The summed E-state index contributed by atoms with van der Waals surface area (Å²) in [5.41, 5.74) is -2.83. The van der Waals surface area contributed by atoms with Crippen LogP contribution in [-0.2, 0) is 57.2 Å². The van der Waals surface area contributed by atoms with Crippen LogP contribution in [0.5, 0.6) is 0 Å². The summed E-state index contributed by atoms with van der Waals surface area (Å²) in [7, 11) is 0. The number of esters is 6. The predicted molar refractivity (Wildman–Crippen MR) is 194 cm³/mol. The van der Waals surface area contributed by atoms with Crippen LogP contribution in [0.2, 0.25) is 0 Å². The van der Waals surface area contributed by atoms with Gasteiger partial charge in [0, 0.05) is 50.0 Å². The lowest BCUT2D eigenvalue weighted by molar-refractivity contribution is -0.192. The number of rotatable bonds is 9. The maximum atomic E-state index is 14.7. The Morgan fingerprint density at radius 2 is 1.28 bits per heavy atom. The van der Waals surface area contributed by atoms with Crippen LogP contribution in [0.25, 0.3) is 0 Å². The molecule has 4 unspecified atom stereocenters. The van der Waals surface area contributed by atoms with Crippen LogP contribution in [0.3, 0.4) is 0 Å². The van der Waals surface area contributed by atoms with Gasteiger partial charge in [0.25, 0.3) is 0 Å². The molecule has 0 aliphatic heterocycles. The van der Waals surface area contributed by atoms with Crippen molar-refractivity contribution in [3.05, 3.63) is 60.2 Å². The molecule has 0 spiro atoms. The highest BCUT2D eigenvalue weighted by Crippen LogP contribution is 2.50. The summed E-state index contributed by atoms with van der Waals surface area (Å²) in [5, 5.41) is 0. The molecule has 3 rings (SSSR count). The van der Waals surface area contributed by atoms with Crippen LogP contribution < -0.4 is 0 Å². The molecular formula is C41H54O13. The molecule has 1 aromatic rings. The molecule has 0 heterocycles. The highest BCUT2D eigenvalue weighted by Gasteiger charge is 2.63. The maximum Gasteiger partial charge on any atom is 0.338 e. The van der Waals surface area contributed by atoms with E-state index in [0.717, 1.165) is 13.8 Å². The van der Waals surface area contributed by atoms with Gasteiger partial charge < -0.3 is 28.4 Å². The van der Waals surface area contributed by atoms with E-state index in [0.29, 0.717) is 0 Å². The minimum absolute atomic E-state index is 0.154. The standard InChI is InChI=1S/C41H54O13/c1-21(2)37(46)51-32-24(6)33(52-38(47)22(3)4)34(49-25(7)42)36(50-26(8)43)40(10,11)19-18-23(5)31(45)29-20-41(12,54-27(9)44)35(30(29)32)53-39(48)28-16-14-13-15-17-28/h13-19,21-23,29-30,32-36H,6,20H2,1-5,7-12H3/b19-18-/t23-,29?,30?,32?,33-,34+,35+,36?,41+/m1/s1. The minimum atomic E-state index is -1.66. The SMILES string of the molecule is C=C1C(OC(=O)C(C)C)C2C(C[C@](C)(OC(C)=O)[C@H]2OC(=O)c2ccccc2)C(=O)[C@H](C)/C=C\C(C)(C)C(OC(C)=O)[C@@H](OC(C)=O)[C@@H]1OC(=O)C(C)C. The van der Waals surface area contributed by atoms with Crippen molar-refractivity contribution in [1.29, 1.82) is 0 Å². The molecule has 1 aromatic carbocycles. The van der Waals surface area contributed by atoms with Gasteiger partial charge in [-0.15, -0.1) is 0 Å². The Balaban J connectivity index is 2.49. The quantitative estimate of drug-likeness (QED) is 0.175. The van der Waals surface area contributed by atoms with Crippen molar-refractivity contribution in [1.82, 2.24) is 0 Å². The number of carbonyl (C=O) groups is 7. The van der Waals surface area contributed by atoms with E-state index in [-0.39, 0.29) is 23.3 Å². The van der Waals surface area contributed by atoms with E-state index in [4.69, 9.17) is 28.4 Å². The van der Waals surface area contributed by atoms with Gasteiger partial charge in [-0.2, -0.15) is 0 Å². The van der Waals surface area contributed by atoms with Crippen molar-refractivity contribution >= 4 is 41.6 Å². The summed E-state index contributed by atoms with van der Waals surface area (Å²) < 4.78 is 36.0. The number of hydrogen-bond donors (Lipinski definition) is 0. The predicted octanol–water partition coefficient (Wildman–Crippen LogP) is 5.53. The van der Waals surface area contributed by atoms with Gasteiger partial charge in [0.15, 0.2) is 18.3 Å². The molecule has 13 nitrogen and oxygen atoms in total. The first-order valence-corrected chi connectivity index (χ1v) is 18.1. The summed E-state index contributed by atoms with van der Waals surface area (Å²) >= 11 is 0. The monoisotopic (exact) mass is 754 g/mol. The summed E-state index contributed by atoms with van der Waals surface area (Å²) in [4.78, 5) is 93.8. The molecule has 0 saturated heterocycles. The van der Waals surface area contributed by atoms with Crippen LogP contribution >= 0.6 is 0 Å².